The number of carbonyl (C=O) groups is 4. The number of nitrogens with one attached hydrogen (secondary N) is 2. The number of amides is 5. The average molecular weight is 523 g/mol. The third-order valence-electron chi connectivity index (χ3n) is 7.80. The third kappa shape index (κ3) is 4.02. The zero-order chi connectivity index (χ0) is 26.6. The highest BCUT2D eigenvalue weighted by molar-refractivity contribution is 6.06. The molecule has 5 amide bonds. The number of halogens is 1. The van der Waals surface area contributed by atoms with Gasteiger partial charge in [-0.2, -0.15) is 0 Å². The Labute approximate surface area is 218 Å². The van der Waals surface area contributed by atoms with Gasteiger partial charge in [0.2, 0.25) is 11.5 Å². The second kappa shape index (κ2) is 9.00. The molecule has 4 aliphatic rings. The molecule has 2 aliphatic carbocycles. The summed E-state index contributed by atoms with van der Waals surface area (Å²) < 4.78 is 25.5. The van der Waals surface area contributed by atoms with Crippen LogP contribution in [0.2, 0.25) is 0 Å². The summed E-state index contributed by atoms with van der Waals surface area (Å²) in [4.78, 5) is 54.3. The molecule has 38 heavy (non-hydrogen) atoms. The van der Waals surface area contributed by atoms with Crippen molar-refractivity contribution in [1.29, 1.82) is 0 Å². The van der Waals surface area contributed by atoms with Crippen molar-refractivity contribution in [2.75, 3.05) is 25.5 Å². The Morgan fingerprint density at radius 3 is 2.71 bits per heavy atom. The molecule has 198 valence electrons. The number of benzene rings is 2. The first-order chi connectivity index (χ1) is 18.3. The number of fused-ring (bicyclic) bond motifs is 3. The van der Waals surface area contributed by atoms with Crippen LogP contribution in [-0.4, -0.2) is 60.0 Å². The molecule has 2 aromatic carbocycles. The van der Waals surface area contributed by atoms with Crippen molar-refractivity contribution in [3.05, 3.63) is 58.9 Å². The van der Waals surface area contributed by atoms with E-state index in [9.17, 15) is 23.6 Å². The lowest BCUT2D eigenvalue weighted by Crippen LogP contribution is -2.49. The number of hydrogen-bond acceptors (Lipinski definition) is 6. The minimum absolute atomic E-state index is 0.124. The fourth-order valence-electron chi connectivity index (χ4n) is 5.67. The predicted octanol–water partition coefficient (Wildman–Crippen LogP) is 2.90. The molecule has 2 fully saturated rings. The molecule has 10 nitrogen and oxygen atoms in total. The SMILES string of the molecule is CNC(=O)Nc1ccc2c(c1)CC[C@@]21OC(=O)N(CC(=O)N2Cc3cc(F)ccc3OC[C@H]2C2CC2)C1=O. The van der Waals surface area contributed by atoms with E-state index in [1.165, 1.54) is 19.2 Å². The normalized spacial score (nSPS) is 23.9. The lowest BCUT2D eigenvalue weighted by atomic mass is 9.94. The summed E-state index contributed by atoms with van der Waals surface area (Å²) >= 11 is 0. The van der Waals surface area contributed by atoms with Crippen LogP contribution in [0, 0.1) is 11.7 Å². The molecule has 11 heteroatoms. The van der Waals surface area contributed by atoms with Gasteiger partial charge in [-0.3, -0.25) is 9.59 Å². The Morgan fingerprint density at radius 1 is 1.13 bits per heavy atom. The molecular formula is C27H27FN4O6. The Balaban J connectivity index is 1.23. The quantitative estimate of drug-likeness (QED) is 0.638. The molecule has 2 aromatic rings. The number of urea groups is 1. The second-order valence-corrected chi connectivity index (χ2v) is 10.2. The van der Waals surface area contributed by atoms with Crippen molar-refractivity contribution in [2.45, 2.75) is 43.9 Å². The van der Waals surface area contributed by atoms with Crippen LogP contribution in [0.3, 0.4) is 0 Å². The summed E-state index contributed by atoms with van der Waals surface area (Å²) in [5.74, 6) is -0.658. The molecule has 1 saturated carbocycles. The van der Waals surface area contributed by atoms with Crippen molar-refractivity contribution in [1.82, 2.24) is 15.1 Å². The summed E-state index contributed by atoms with van der Waals surface area (Å²) in [5, 5.41) is 5.17. The molecule has 2 N–H and O–H groups in total. The fourth-order valence-corrected chi connectivity index (χ4v) is 5.67. The molecule has 1 saturated heterocycles. The zero-order valence-electron chi connectivity index (χ0n) is 20.8. The minimum atomic E-state index is -1.49. The molecule has 1 spiro atoms. The average Bonchev–Trinajstić information content (AvgIpc) is 3.66. The maximum atomic E-state index is 14.0. The lowest BCUT2D eigenvalue weighted by Gasteiger charge is -2.30. The van der Waals surface area contributed by atoms with E-state index in [1.807, 2.05) is 0 Å². The standard InChI is InChI=1S/C27H27FN4O6/c1-29-25(35)30-19-5-6-20-16(11-19)8-9-27(20)24(34)32(26(36)38-27)13-23(33)31-12-17-10-18(28)4-7-22(17)37-14-21(31)15-2-3-15/h4-7,10-11,15,21H,2-3,8-9,12-14H2,1H3,(H2,29,30,35)/t21-,27+/m0/s1. The van der Waals surface area contributed by atoms with E-state index in [0.717, 1.165) is 23.3 Å². The van der Waals surface area contributed by atoms with Gasteiger partial charge in [0, 0.05) is 36.8 Å². The summed E-state index contributed by atoms with van der Waals surface area (Å²) in [5.41, 5.74) is 0.933. The van der Waals surface area contributed by atoms with E-state index in [-0.39, 0.29) is 37.6 Å². The summed E-state index contributed by atoms with van der Waals surface area (Å²) in [6.07, 6.45) is 1.74. The number of hydrogen-bond donors (Lipinski definition) is 2. The molecule has 2 atom stereocenters. The lowest BCUT2D eigenvalue weighted by molar-refractivity contribution is -0.143. The van der Waals surface area contributed by atoms with Crippen LogP contribution < -0.4 is 15.4 Å². The fraction of sp³-hybridized carbons (Fsp3) is 0.407. The molecule has 0 aromatic heterocycles. The van der Waals surface area contributed by atoms with E-state index >= 15 is 0 Å². The smallest absolute Gasteiger partial charge is 0.418 e. The van der Waals surface area contributed by atoms with Crippen molar-refractivity contribution in [2.24, 2.45) is 5.92 Å². The van der Waals surface area contributed by atoms with E-state index in [0.29, 0.717) is 29.0 Å². The highest BCUT2D eigenvalue weighted by Gasteiger charge is 2.58. The van der Waals surface area contributed by atoms with Crippen LogP contribution in [0.4, 0.5) is 19.7 Å². The second-order valence-electron chi connectivity index (χ2n) is 10.2. The predicted molar refractivity (Wildman–Crippen MR) is 132 cm³/mol. The van der Waals surface area contributed by atoms with Gasteiger partial charge in [-0.05, 0) is 61.1 Å². The van der Waals surface area contributed by atoms with Crippen molar-refractivity contribution in [3.63, 3.8) is 0 Å². The van der Waals surface area contributed by atoms with Gasteiger partial charge in [0.25, 0.3) is 5.91 Å². The van der Waals surface area contributed by atoms with Crippen molar-refractivity contribution < 1.29 is 33.0 Å². The van der Waals surface area contributed by atoms with E-state index in [2.05, 4.69) is 10.6 Å². The number of anilines is 1. The van der Waals surface area contributed by atoms with Crippen LogP contribution in [0.1, 0.15) is 36.0 Å². The minimum Gasteiger partial charge on any atom is -0.491 e. The van der Waals surface area contributed by atoms with Gasteiger partial charge in [-0.15, -0.1) is 0 Å². The molecule has 2 aliphatic heterocycles. The molecule has 0 radical (unpaired) electrons. The number of rotatable bonds is 4. The Morgan fingerprint density at radius 2 is 1.95 bits per heavy atom. The highest BCUT2D eigenvalue weighted by atomic mass is 19.1. The highest BCUT2D eigenvalue weighted by Crippen LogP contribution is 2.46. The largest absolute Gasteiger partial charge is 0.491 e. The first-order valence-electron chi connectivity index (χ1n) is 12.7. The number of nitrogens with zero attached hydrogens (tertiary/aromatic N) is 2. The van der Waals surface area contributed by atoms with E-state index < -0.39 is 35.9 Å². The first-order valence-corrected chi connectivity index (χ1v) is 12.7. The van der Waals surface area contributed by atoms with E-state index in [4.69, 9.17) is 9.47 Å². The van der Waals surface area contributed by atoms with Gasteiger partial charge >= 0.3 is 12.1 Å². The Bertz CT molecular complexity index is 1360. The van der Waals surface area contributed by atoms with Crippen LogP contribution >= 0.6 is 0 Å². The van der Waals surface area contributed by atoms with Crippen LogP contribution in [0.25, 0.3) is 0 Å². The summed E-state index contributed by atoms with van der Waals surface area (Å²) in [6, 6.07) is 8.67. The summed E-state index contributed by atoms with van der Waals surface area (Å²) in [7, 11) is 1.51. The monoisotopic (exact) mass is 522 g/mol. The van der Waals surface area contributed by atoms with E-state index in [1.54, 1.807) is 29.2 Å². The van der Waals surface area contributed by atoms with Gasteiger partial charge in [-0.1, -0.05) is 6.07 Å². The topological polar surface area (TPSA) is 117 Å². The van der Waals surface area contributed by atoms with Crippen molar-refractivity contribution in [3.8, 4) is 5.75 Å². The third-order valence-corrected chi connectivity index (χ3v) is 7.80. The Kier molecular flexibility index (Phi) is 5.73. The maximum Gasteiger partial charge on any atom is 0.418 e. The molecule has 2 heterocycles. The van der Waals surface area contributed by atoms with Gasteiger partial charge < -0.3 is 25.0 Å². The first kappa shape index (κ1) is 24.2. The molecule has 0 unspecified atom stereocenters. The summed E-state index contributed by atoms with van der Waals surface area (Å²) in [6.45, 7) is -0.0879. The molecular weight excluding hydrogens is 495 g/mol. The van der Waals surface area contributed by atoms with Crippen LogP contribution in [0.5, 0.6) is 5.75 Å². The molecule has 6 rings (SSSR count). The van der Waals surface area contributed by atoms with Crippen molar-refractivity contribution >= 4 is 29.6 Å². The Hall–Kier alpha value is -4.15. The number of imide groups is 1. The number of aryl methyl sites for hydroxylation is 1. The zero-order valence-corrected chi connectivity index (χ0v) is 20.8. The number of carbonyl (C=O) groups excluding carboxylic acids is 4. The van der Waals surface area contributed by atoms with Crippen LogP contribution in [0.15, 0.2) is 36.4 Å². The van der Waals surface area contributed by atoms with Gasteiger partial charge in [-0.25, -0.2) is 18.9 Å². The van der Waals surface area contributed by atoms with Crippen LogP contribution in [-0.2, 0) is 32.9 Å². The number of ether oxygens (including phenoxy) is 2. The van der Waals surface area contributed by atoms with Gasteiger partial charge in [0.15, 0.2) is 0 Å². The van der Waals surface area contributed by atoms with Gasteiger partial charge in [0.1, 0.15) is 24.7 Å². The maximum absolute atomic E-state index is 14.0. The van der Waals surface area contributed by atoms with Gasteiger partial charge in [0.05, 0.1) is 6.04 Å². The molecule has 0 bridgehead atoms.